The molecule has 0 atom stereocenters. The highest BCUT2D eigenvalue weighted by Crippen LogP contribution is 2.19. The molecule has 6 nitrogen and oxygen atoms in total. The maximum atomic E-state index is 10.8. The molecule has 0 aliphatic heterocycles. The van der Waals surface area contributed by atoms with Crippen LogP contribution < -0.4 is 10.8 Å². The number of hydrogen-bond acceptors (Lipinski definition) is 4. The molecule has 0 aromatic carbocycles. The second-order valence-corrected chi connectivity index (χ2v) is 2.98. The lowest BCUT2D eigenvalue weighted by molar-refractivity contribution is 0.0707. The summed E-state index contributed by atoms with van der Waals surface area (Å²) in [5, 5.41) is 20.4. The molecule has 1 aromatic heterocycles. The van der Waals surface area contributed by atoms with Gasteiger partial charge in [0.25, 0.3) is 5.91 Å². The van der Waals surface area contributed by atoms with Crippen LogP contribution in [0.1, 0.15) is 10.4 Å². The average Bonchev–Trinajstić information content (AvgIpc) is 2.50. The minimum atomic E-state index is -1.20. The molecule has 0 aliphatic rings. The molecule has 0 saturated carbocycles. The van der Waals surface area contributed by atoms with Crippen molar-refractivity contribution in [2.45, 2.75) is 0 Å². The lowest BCUT2D eigenvalue weighted by Crippen LogP contribution is -2.17. The normalized spacial score (nSPS) is 9.31. The van der Waals surface area contributed by atoms with Gasteiger partial charge in [-0.25, -0.2) is 10.3 Å². The van der Waals surface area contributed by atoms with E-state index in [0.717, 1.165) is 11.3 Å². The first-order valence-electron chi connectivity index (χ1n) is 3.16. The number of hydroxylamine groups is 1. The van der Waals surface area contributed by atoms with Gasteiger partial charge in [-0.05, 0) is 6.07 Å². The monoisotopic (exact) mass is 202 g/mol. The summed E-state index contributed by atoms with van der Waals surface area (Å²) in [5.74, 6) is -0.672. The number of anilines is 1. The molecule has 1 rings (SSSR count). The largest absolute Gasteiger partial charge is 0.465 e. The van der Waals surface area contributed by atoms with Gasteiger partial charge in [-0.3, -0.25) is 15.3 Å². The van der Waals surface area contributed by atoms with Crippen molar-refractivity contribution in [3.63, 3.8) is 0 Å². The molecule has 70 valence electrons. The van der Waals surface area contributed by atoms with Crippen LogP contribution in [-0.2, 0) is 0 Å². The molecular formula is C6H6N2O4S. The van der Waals surface area contributed by atoms with Gasteiger partial charge in [0.2, 0.25) is 0 Å². The van der Waals surface area contributed by atoms with Gasteiger partial charge in [0, 0.05) is 5.38 Å². The van der Waals surface area contributed by atoms with Crippen molar-refractivity contribution in [2.75, 3.05) is 5.32 Å². The predicted octanol–water partition coefficient (Wildman–Crippen LogP) is 0.957. The Morgan fingerprint density at radius 2 is 2.15 bits per heavy atom. The molecular weight excluding hydrogens is 196 g/mol. The van der Waals surface area contributed by atoms with Crippen LogP contribution in [0.4, 0.5) is 9.80 Å². The van der Waals surface area contributed by atoms with E-state index in [0.29, 0.717) is 5.00 Å². The van der Waals surface area contributed by atoms with Gasteiger partial charge in [-0.15, -0.1) is 11.3 Å². The van der Waals surface area contributed by atoms with Gasteiger partial charge in [-0.1, -0.05) is 0 Å². The van der Waals surface area contributed by atoms with Gasteiger partial charge >= 0.3 is 6.09 Å². The second-order valence-electron chi connectivity index (χ2n) is 2.07. The van der Waals surface area contributed by atoms with Gasteiger partial charge < -0.3 is 5.11 Å². The zero-order chi connectivity index (χ0) is 9.84. The van der Waals surface area contributed by atoms with E-state index in [1.54, 1.807) is 0 Å². The van der Waals surface area contributed by atoms with Crippen molar-refractivity contribution in [3.05, 3.63) is 17.0 Å². The Hall–Kier alpha value is -1.60. The van der Waals surface area contributed by atoms with Gasteiger partial charge in [0.15, 0.2) is 0 Å². The summed E-state index contributed by atoms with van der Waals surface area (Å²) in [7, 11) is 0. The van der Waals surface area contributed by atoms with Gasteiger partial charge in [0.1, 0.15) is 0 Å². The number of hydrogen-bond donors (Lipinski definition) is 4. The van der Waals surface area contributed by atoms with Crippen molar-refractivity contribution < 1.29 is 19.9 Å². The van der Waals surface area contributed by atoms with Crippen LogP contribution in [-0.4, -0.2) is 22.3 Å². The summed E-state index contributed by atoms with van der Waals surface area (Å²) in [5.41, 5.74) is 1.65. The van der Waals surface area contributed by atoms with Gasteiger partial charge in [0.05, 0.1) is 10.6 Å². The molecule has 2 amide bonds. The maximum absolute atomic E-state index is 10.8. The summed E-state index contributed by atoms with van der Waals surface area (Å²) in [6, 6.07) is 1.32. The quantitative estimate of drug-likeness (QED) is 0.424. The maximum Gasteiger partial charge on any atom is 0.409 e. The molecule has 0 aliphatic carbocycles. The highest BCUT2D eigenvalue weighted by molar-refractivity contribution is 7.14. The first-order chi connectivity index (χ1) is 6.13. The molecule has 7 heteroatoms. The second kappa shape index (κ2) is 3.87. The number of carbonyl (C=O) groups excluding carboxylic acids is 1. The van der Waals surface area contributed by atoms with Crippen LogP contribution in [0.15, 0.2) is 11.4 Å². The van der Waals surface area contributed by atoms with Crippen LogP contribution >= 0.6 is 11.3 Å². The van der Waals surface area contributed by atoms with Crippen molar-refractivity contribution in [2.24, 2.45) is 0 Å². The summed E-state index contributed by atoms with van der Waals surface area (Å²) in [6.07, 6.45) is -1.20. The Morgan fingerprint density at radius 3 is 2.69 bits per heavy atom. The molecule has 4 N–H and O–H groups in total. The molecule has 0 unspecified atom stereocenters. The molecule has 1 heterocycles. The average molecular weight is 202 g/mol. The van der Waals surface area contributed by atoms with Crippen LogP contribution in [0.2, 0.25) is 0 Å². The molecule has 0 bridgehead atoms. The Balaban J connectivity index is 2.74. The van der Waals surface area contributed by atoms with E-state index in [-0.39, 0.29) is 5.56 Å². The molecule has 1 aromatic rings. The van der Waals surface area contributed by atoms with Crippen molar-refractivity contribution >= 4 is 28.3 Å². The molecule has 13 heavy (non-hydrogen) atoms. The Morgan fingerprint density at radius 1 is 1.46 bits per heavy atom. The highest BCUT2D eigenvalue weighted by atomic mass is 32.1. The standard InChI is InChI=1S/C6H6N2O4S/c9-5(8-12)3-1-4(13-2-3)7-6(10)11/h1-2,7,12H,(H,8,9)(H,10,11). The lowest BCUT2D eigenvalue weighted by Gasteiger charge is -1.93. The Kier molecular flexibility index (Phi) is 2.83. The number of carboxylic acid groups (broad SMARTS) is 1. The van der Waals surface area contributed by atoms with E-state index in [2.05, 4.69) is 5.32 Å². The Labute approximate surface area is 76.8 Å². The number of amides is 2. The fourth-order valence-electron chi connectivity index (χ4n) is 0.691. The third kappa shape index (κ3) is 2.42. The smallest absolute Gasteiger partial charge is 0.409 e. The van der Waals surface area contributed by atoms with E-state index < -0.39 is 12.0 Å². The summed E-state index contributed by atoms with van der Waals surface area (Å²) < 4.78 is 0. The molecule has 0 saturated heterocycles. The fourth-order valence-corrected chi connectivity index (χ4v) is 1.46. The minimum Gasteiger partial charge on any atom is -0.465 e. The molecule has 0 radical (unpaired) electrons. The number of nitrogens with one attached hydrogen (secondary N) is 2. The third-order valence-electron chi connectivity index (χ3n) is 1.19. The highest BCUT2D eigenvalue weighted by Gasteiger charge is 2.08. The number of carbonyl (C=O) groups is 2. The van der Waals surface area contributed by atoms with Crippen LogP contribution in [0.3, 0.4) is 0 Å². The van der Waals surface area contributed by atoms with Crippen LogP contribution in [0, 0.1) is 0 Å². The summed E-state index contributed by atoms with van der Waals surface area (Å²) in [6.45, 7) is 0. The summed E-state index contributed by atoms with van der Waals surface area (Å²) >= 11 is 1.06. The van der Waals surface area contributed by atoms with Crippen molar-refractivity contribution in [1.29, 1.82) is 0 Å². The SMILES string of the molecule is O=C(O)Nc1cc(C(=O)NO)cs1. The predicted molar refractivity (Wildman–Crippen MR) is 45.2 cm³/mol. The minimum absolute atomic E-state index is 0.205. The van der Waals surface area contributed by atoms with Gasteiger partial charge in [-0.2, -0.15) is 0 Å². The van der Waals surface area contributed by atoms with E-state index in [4.69, 9.17) is 10.3 Å². The van der Waals surface area contributed by atoms with E-state index >= 15 is 0 Å². The summed E-state index contributed by atoms with van der Waals surface area (Å²) in [4.78, 5) is 20.9. The first kappa shape index (κ1) is 9.49. The zero-order valence-corrected chi connectivity index (χ0v) is 7.09. The zero-order valence-electron chi connectivity index (χ0n) is 6.27. The van der Waals surface area contributed by atoms with E-state index in [9.17, 15) is 9.59 Å². The first-order valence-corrected chi connectivity index (χ1v) is 4.04. The van der Waals surface area contributed by atoms with E-state index in [1.165, 1.54) is 16.9 Å². The van der Waals surface area contributed by atoms with E-state index in [1.807, 2.05) is 0 Å². The lowest BCUT2D eigenvalue weighted by atomic mass is 10.3. The number of rotatable bonds is 2. The van der Waals surface area contributed by atoms with Crippen molar-refractivity contribution in [1.82, 2.24) is 5.48 Å². The number of thiophene rings is 1. The third-order valence-corrected chi connectivity index (χ3v) is 2.04. The molecule has 0 fully saturated rings. The fraction of sp³-hybridized carbons (Fsp3) is 0. The van der Waals surface area contributed by atoms with Crippen molar-refractivity contribution in [3.8, 4) is 0 Å². The Bertz CT molecular complexity index is 335. The van der Waals surface area contributed by atoms with Crippen LogP contribution in [0.25, 0.3) is 0 Å². The van der Waals surface area contributed by atoms with Crippen LogP contribution in [0.5, 0.6) is 0 Å². The topological polar surface area (TPSA) is 98.7 Å². The molecule has 0 spiro atoms.